The molecule has 0 fully saturated rings. The largest absolute Gasteiger partial charge is 0.496 e. The molecule has 3 amide bonds. The van der Waals surface area contributed by atoms with E-state index < -0.39 is 5.91 Å². The highest BCUT2D eigenvalue weighted by atomic mass is 35.5. The van der Waals surface area contributed by atoms with E-state index in [2.05, 4.69) is 15.3 Å². The lowest BCUT2D eigenvalue weighted by molar-refractivity contribution is 0.0997. The first-order valence-corrected chi connectivity index (χ1v) is 10.1. The lowest BCUT2D eigenvalue weighted by Gasteiger charge is -2.28. The average Bonchev–Trinajstić information content (AvgIpc) is 3.18. The Morgan fingerprint density at radius 1 is 1.22 bits per heavy atom. The number of fused-ring (bicyclic) bond motifs is 1. The number of rotatable bonds is 4. The van der Waals surface area contributed by atoms with Gasteiger partial charge in [0.2, 0.25) is 0 Å². The maximum Gasteiger partial charge on any atom is 0.322 e. The van der Waals surface area contributed by atoms with Crippen molar-refractivity contribution in [2.24, 2.45) is 5.73 Å². The maximum absolute atomic E-state index is 12.8. The van der Waals surface area contributed by atoms with Crippen LogP contribution in [0.25, 0.3) is 16.1 Å². The third kappa shape index (κ3) is 3.96. The van der Waals surface area contributed by atoms with Crippen molar-refractivity contribution in [1.82, 2.24) is 14.7 Å². The normalized spacial score (nSPS) is 12.6. The van der Waals surface area contributed by atoms with E-state index in [9.17, 15) is 9.59 Å². The van der Waals surface area contributed by atoms with Crippen molar-refractivity contribution in [3.05, 3.63) is 70.2 Å². The second-order valence-corrected chi connectivity index (χ2v) is 7.55. The van der Waals surface area contributed by atoms with E-state index in [-0.39, 0.29) is 18.1 Å². The Morgan fingerprint density at radius 3 is 2.62 bits per heavy atom. The number of aromatic nitrogens is 2. The first kappa shape index (κ1) is 21.2. The molecule has 2 aromatic carbocycles. The minimum absolute atomic E-state index is 0.153. The number of amides is 3. The summed E-state index contributed by atoms with van der Waals surface area (Å²) in [5.74, 6) is -0.148. The number of ether oxygens (including phenoxy) is 1. The standard InChI is InChI=1S/C22H19ClN6O3/c1-25-14-4-6-15(7-5-14)26-22(31)28-9-10-29-17(12-28)19(21(24)30)20(27-29)16-11-13(23)3-8-18(16)32-2/h3-8,11H,9-10,12H2,2H3,(H2,24,30)(H,26,31). The van der Waals surface area contributed by atoms with Crippen molar-refractivity contribution in [3.8, 4) is 17.0 Å². The fourth-order valence-corrected chi connectivity index (χ4v) is 3.80. The summed E-state index contributed by atoms with van der Waals surface area (Å²) in [6.07, 6.45) is 0. The molecule has 0 unspecified atom stereocenters. The summed E-state index contributed by atoms with van der Waals surface area (Å²) in [5, 5.41) is 7.85. The topological polar surface area (TPSA) is 107 Å². The van der Waals surface area contributed by atoms with E-state index >= 15 is 0 Å². The summed E-state index contributed by atoms with van der Waals surface area (Å²) in [4.78, 5) is 30.1. The number of hydrogen-bond acceptors (Lipinski definition) is 4. The van der Waals surface area contributed by atoms with Crippen LogP contribution in [0.5, 0.6) is 5.75 Å². The van der Waals surface area contributed by atoms with Crippen molar-refractivity contribution in [3.63, 3.8) is 0 Å². The van der Waals surface area contributed by atoms with Crippen LogP contribution in [0.3, 0.4) is 0 Å². The second kappa shape index (κ2) is 8.61. The third-order valence-corrected chi connectivity index (χ3v) is 5.41. The molecule has 1 aliphatic heterocycles. The Bertz CT molecular complexity index is 1250. The quantitative estimate of drug-likeness (QED) is 0.587. The molecule has 0 spiro atoms. The molecular formula is C22H19ClN6O3. The van der Waals surface area contributed by atoms with Crippen molar-refractivity contribution < 1.29 is 14.3 Å². The molecule has 3 N–H and O–H groups in total. The van der Waals surface area contributed by atoms with Crippen LogP contribution in [-0.2, 0) is 13.1 Å². The number of nitrogens with one attached hydrogen (secondary N) is 1. The van der Waals surface area contributed by atoms with Gasteiger partial charge in [-0.25, -0.2) is 9.64 Å². The highest BCUT2D eigenvalue weighted by molar-refractivity contribution is 6.31. The zero-order valence-corrected chi connectivity index (χ0v) is 17.9. The van der Waals surface area contributed by atoms with E-state index in [1.165, 1.54) is 7.11 Å². The Kier molecular flexibility index (Phi) is 5.71. The molecule has 32 heavy (non-hydrogen) atoms. The van der Waals surface area contributed by atoms with Gasteiger partial charge >= 0.3 is 6.03 Å². The number of methoxy groups -OCH3 is 1. The van der Waals surface area contributed by atoms with E-state index in [0.717, 1.165) is 0 Å². The molecule has 9 nitrogen and oxygen atoms in total. The first-order valence-electron chi connectivity index (χ1n) is 9.68. The number of primary amides is 1. The van der Waals surface area contributed by atoms with Gasteiger partial charge in [-0.2, -0.15) is 5.10 Å². The molecule has 0 radical (unpaired) electrons. The predicted octanol–water partition coefficient (Wildman–Crippen LogP) is 3.91. The second-order valence-electron chi connectivity index (χ2n) is 7.11. The number of urea groups is 1. The van der Waals surface area contributed by atoms with Gasteiger partial charge in [-0.15, -0.1) is 0 Å². The van der Waals surface area contributed by atoms with Gasteiger partial charge in [-0.1, -0.05) is 23.7 Å². The Balaban J connectivity index is 1.64. The summed E-state index contributed by atoms with van der Waals surface area (Å²) >= 11 is 6.16. The van der Waals surface area contributed by atoms with Crippen LogP contribution in [0.1, 0.15) is 16.1 Å². The summed E-state index contributed by atoms with van der Waals surface area (Å²) in [7, 11) is 1.52. The van der Waals surface area contributed by atoms with E-state index in [4.69, 9.17) is 28.6 Å². The smallest absolute Gasteiger partial charge is 0.322 e. The molecule has 0 saturated heterocycles. The molecule has 2 heterocycles. The van der Waals surface area contributed by atoms with Crippen LogP contribution >= 0.6 is 11.6 Å². The van der Waals surface area contributed by atoms with Crippen LogP contribution in [-0.4, -0.2) is 40.3 Å². The number of carbonyl (C=O) groups is 2. The van der Waals surface area contributed by atoms with Crippen LogP contribution in [0.2, 0.25) is 5.02 Å². The van der Waals surface area contributed by atoms with E-state index in [0.29, 0.717) is 52.2 Å². The number of halogens is 1. The van der Waals surface area contributed by atoms with Crippen molar-refractivity contribution in [2.45, 2.75) is 13.1 Å². The summed E-state index contributed by atoms with van der Waals surface area (Å²) in [6, 6.07) is 11.3. The molecule has 0 aliphatic carbocycles. The Morgan fingerprint density at radius 2 is 1.97 bits per heavy atom. The van der Waals surface area contributed by atoms with Gasteiger partial charge in [0.05, 0.1) is 38.0 Å². The first-order chi connectivity index (χ1) is 15.4. The fraction of sp³-hybridized carbons (Fsp3) is 0.182. The number of nitrogens with two attached hydrogens (primary N) is 1. The molecule has 162 valence electrons. The SMILES string of the molecule is [C-]#[N+]c1ccc(NC(=O)N2CCn3nc(-c4cc(Cl)ccc4OC)c(C(N)=O)c3C2)cc1. The number of anilines is 1. The Labute approximate surface area is 189 Å². The summed E-state index contributed by atoms with van der Waals surface area (Å²) in [5.41, 5.74) is 8.45. The van der Waals surface area contributed by atoms with Crippen LogP contribution in [0.4, 0.5) is 16.2 Å². The lowest BCUT2D eigenvalue weighted by atomic mass is 10.0. The molecule has 4 rings (SSSR count). The van der Waals surface area contributed by atoms with Gasteiger partial charge in [0, 0.05) is 22.8 Å². The van der Waals surface area contributed by atoms with Gasteiger partial charge in [-0.05, 0) is 30.3 Å². The third-order valence-electron chi connectivity index (χ3n) is 5.18. The number of nitrogens with zero attached hydrogens (tertiary/aromatic N) is 4. The van der Waals surface area contributed by atoms with Gasteiger partial charge in [0.1, 0.15) is 11.4 Å². The van der Waals surface area contributed by atoms with Gasteiger partial charge in [-0.3, -0.25) is 9.48 Å². The lowest BCUT2D eigenvalue weighted by Crippen LogP contribution is -2.41. The molecule has 1 aromatic heterocycles. The number of hydrogen-bond donors (Lipinski definition) is 2. The summed E-state index contributed by atoms with van der Waals surface area (Å²) < 4.78 is 7.10. The van der Waals surface area contributed by atoms with E-state index in [1.807, 2.05) is 0 Å². The minimum Gasteiger partial charge on any atom is -0.496 e. The minimum atomic E-state index is -0.653. The van der Waals surface area contributed by atoms with E-state index in [1.54, 1.807) is 52.0 Å². The van der Waals surface area contributed by atoms with Crippen LogP contribution < -0.4 is 15.8 Å². The average molecular weight is 451 g/mol. The predicted molar refractivity (Wildman–Crippen MR) is 120 cm³/mol. The van der Waals surface area contributed by atoms with Crippen LogP contribution in [0.15, 0.2) is 42.5 Å². The zero-order valence-electron chi connectivity index (χ0n) is 17.1. The number of benzene rings is 2. The van der Waals surface area contributed by atoms with Crippen molar-refractivity contribution in [1.29, 1.82) is 0 Å². The molecular weight excluding hydrogens is 432 g/mol. The Hall–Kier alpha value is -4.03. The van der Waals surface area contributed by atoms with Gasteiger partial charge < -0.3 is 20.7 Å². The van der Waals surface area contributed by atoms with Crippen LogP contribution in [0, 0.1) is 6.57 Å². The maximum atomic E-state index is 12.8. The van der Waals surface area contributed by atoms with Gasteiger partial charge in [0.15, 0.2) is 5.69 Å². The monoisotopic (exact) mass is 450 g/mol. The molecule has 0 atom stereocenters. The molecule has 10 heteroatoms. The van der Waals surface area contributed by atoms with Crippen molar-refractivity contribution >= 4 is 34.9 Å². The zero-order chi connectivity index (χ0) is 22.8. The fourth-order valence-electron chi connectivity index (χ4n) is 3.63. The highest BCUT2D eigenvalue weighted by Gasteiger charge is 2.30. The summed E-state index contributed by atoms with van der Waals surface area (Å²) in [6.45, 7) is 7.95. The van der Waals surface area contributed by atoms with Crippen molar-refractivity contribution in [2.75, 3.05) is 19.0 Å². The molecule has 0 saturated carbocycles. The highest BCUT2D eigenvalue weighted by Crippen LogP contribution is 2.36. The van der Waals surface area contributed by atoms with Gasteiger partial charge in [0.25, 0.3) is 5.91 Å². The molecule has 1 aliphatic rings. The molecule has 3 aromatic rings. The number of carbonyl (C=O) groups excluding carboxylic acids is 2. The molecule has 0 bridgehead atoms.